The minimum Gasteiger partial charge on any atom is -0.486 e. The Balaban J connectivity index is 1.16. The van der Waals surface area contributed by atoms with Crippen molar-refractivity contribution in [1.29, 1.82) is 0 Å². The lowest BCUT2D eigenvalue weighted by atomic mass is 10.0. The Morgan fingerprint density at radius 1 is 1.19 bits per heavy atom. The van der Waals surface area contributed by atoms with Gasteiger partial charge in [-0.1, -0.05) is 18.2 Å². The number of aliphatic hydroxyl groups excluding tert-OH is 1. The van der Waals surface area contributed by atoms with Gasteiger partial charge in [0.1, 0.15) is 31.2 Å². The molecule has 1 saturated heterocycles. The Hall–Kier alpha value is -3.26. The Labute approximate surface area is 179 Å². The largest absolute Gasteiger partial charge is 0.486 e. The lowest BCUT2D eigenvalue weighted by Gasteiger charge is -2.36. The van der Waals surface area contributed by atoms with E-state index in [9.17, 15) is 9.90 Å². The van der Waals surface area contributed by atoms with Gasteiger partial charge in [-0.05, 0) is 24.3 Å². The number of amides is 1. The van der Waals surface area contributed by atoms with Crippen LogP contribution < -0.4 is 14.2 Å². The number of aliphatic hydroxyl groups is 1. The Bertz CT molecular complexity index is 1050. The maximum atomic E-state index is 12.7. The smallest absolute Gasteiger partial charge is 0.223 e. The van der Waals surface area contributed by atoms with Crippen LogP contribution in [0.4, 0.5) is 0 Å². The second-order valence-electron chi connectivity index (χ2n) is 7.83. The number of hydrogen-bond donors (Lipinski definition) is 2. The molecule has 1 fully saturated rings. The number of nitrogens with zero attached hydrogens (tertiary/aromatic N) is 2. The fraction of sp³-hybridized carbons (Fsp3) is 0.391. The molecule has 2 aliphatic heterocycles. The van der Waals surface area contributed by atoms with Crippen LogP contribution in [-0.2, 0) is 11.2 Å². The number of nitrogens with one attached hydrogen (secondary N) is 1. The summed E-state index contributed by atoms with van der Waals surface area (Å²) in [5, 5.41) is 10.6. The van der Waals surface area contributed by atoms with Crippen LogP contribution in [0.1, 0.15) is 18.7 Å². The van der Waals surface area contributed by atoms with Gasteiger partial charge in [-0.15, -0.1) is 0 Å². The Morgan fingerprint density at radius 2 is 2.06 bits per heavy atom. The van der Waals surface area contributed by atoms with Crippen molar-refractivity contribution in [2.24, 2.45) is 0 Å². The molecule has 1 amide bonds. The summed E-state index contributed by atoms with van der Waals surface area (Å²) in [6.07, 6.45) is 0.242. The van der Waals surface area contributed by atoms with Gasteiger partial charge >= 0.3 is 0 Å². The number of benzene rings is 2. The quantitative estimate of drug-likeness (QED) is 0.654. The molecule has 8 heteroatoms. The molecule has 0 saturated carbocycles. The third kappa shape index (κ3) is 4.16. The summed E-state index contributed by atoms with van der Waals surface area (Å²) in [7, 11) is 0. The maximum absolute atomic E-state index is 12.7. The monoisotopic (exact) mass is 423 g/mol. The van der Waals surface area contributed by atoms with Crippen molar-refractivity contribution in [3.8, 4) is 17.2 Å². The SMILES string of the molecule is O=C(CCc1nc2ccccc2[nH]1)N1CC[C@@H](Oc2cccc3c2OCCO3)[C@H](O)C1. The van der Waals surface area contributed by atoms with Crippen LogP contribution in [0.2, 0.25) is 0 Å². The van der Waals surface area contributed by atoms with Gasteiger partial charge in [0.15, 0.2) is 11.5 Å². The highest BCUT2D eigenvalue weighted by Crippen LogP contribution is 2.40. The van der Waals surface area contributed by atoms with Crippen molar-refractivity contribution < 1.29 is 24.1 Å². The number of aromatic nitrogens is 2. The molecule has 2 N–H and O–H groups in total. The number of aryl methyl sites for hydroxylation is 1. The number of carbonyl (C=O) groups excluding carboxylic acids is 1. The number of ether oxygens (including phenoxy) is 3. The molecule has 2 aromatic carbocycles. The van der Waals surface area contributed by atoms with E-state index in [4.69, 9.17) is 14.2 Å². The first-order chi connectivity index (χ1) is 15.2. The maximum Gasteiger partial charge on any atom is 0.223 e. The number of hydrogen-bond acceptors (Lipinski definition) is 6. The highest BCUT2D eigenvalue weighted by Gasteiger charge is 2.32. The third-order valence-electron chi connectivity index (χ3n) is 5.70. The van der Waals surface area contributed by atoms with E-state index < -0.39 is 12.2 Å². The van der Waals surface area contributed by atoms with Gasteiger partial charge in [0.25, 0.3) is 0 Å². The van der Waals surface area contributed by atoms with Crippen molar-refractivity contribution in [3.63, 3.8) is 0 Å². The molecular formula is C23H25N3O5. The van der Waals surface area contributed by atoms with Crippen molar-refractivity contribution in [1.82, 2.24) is 14.9 Å². The number of rotatable bonds is 5. The van der Waals surface area contributed by atoms with Crippen molar-refractivity contribution in [2.75, 3.05) is 26.3 Å². The Kier molecular flexibility index (Phi) is 5.38. The van der Waals surface area contributed by atoms with Gasteiger partial charge in [-0.2, -0.15) is 0 Å². The standard InChI is InChI=1S/C23H25N3O5/c27-17-14-26(22(28)9-8-21-24-15-4-1-2-5-16(15)25-21)11-10-18(17)31-20-7-3-6-19-23(20)30-13-12-29-19/h1-7,17-18,27H,8-14H2,(H,24,25)/t17-,18-/m1/s1. The highest BCUT2D eigenvalue weighted by atomic mass is 16.6. The third-order valence-corrected chi connectivity index (χ3v) is 5.70. The first-order valence-corrected chi connectivity index (χ1v) is 10.6. The molecule has 2 atom stereocenters. The van der Waals surface area contributed by atoms with Crippen LogP contribution in [0.15, 0.2) is 42.5 Å². The molecule has 162 valence electrons. The molecule has 0 aliphatic carbocycles. The molecule has 5 rings (SSSR count). The van der Waals surface area contributed by atoms with E-state index in [1.807, 2.05) is 42.5 Å². The number of piperidine rings is 1. The fourth-order valence-electron chi connectivity index (χ4n) is 4.08. The van der Waals surface area contributed by atoms with Crippen molar-refractivity contribution >= 4 is 16.9 Å². The van der Waals surface area contributed by atoms with Crippen molar-refractivity contribution in [3.05, 3.63) is 48.3 Å². The molecule has 1 aromatic heterocycles. The summed E-state index contributed by atoms with van der Waals surface area (Å²) >= 11 is 0. The number of aromatic amines is 1. The average molecular weight is 423 g/mol. The summed E-state index contributed by atoms with van der Waals surface area (Å²) < 4.78 is 17.3. The molecule has 2 aliphatic rings. The first-order valence-electron chi connectivity index (χ1n) is 10.6. The average Bonchev–Trinajstić information content (AvgIpc) is 3.22. The van der Waals surface area contributed by atoms with Crippen LogP contribution in [0.5, 0.6) is 17.2 Å². The molecule has 0 spiro atoms. The number of fused-ring (bicyclic) bond motifs is 2. The fourth-order valence-corrected chi connectivity index (χ4v) is 4.08. The Morgan fingerprint density at radius 3 is 2.94 bits per heavy atom. The predicted molar refractivity (Wildman–Crippen MR) is 113 cm³/mol. The predicted octanol–water partition coefficient (Wildman–Crippen LogP) is 2.31. The summed E-state index contributed by atoms with van der Waals surface area (Å²) in [6, 6.07) is 13.3. The first kappa shape index (κ1) is 19.7. The number of para-hydroxylation sites is 3. The van der Waals surface area contributed by atoms with Crippen LogP contribution in [0, 0.1) is 0 Å². The van der Waals surface area contributed by atoms with Crippen LogP contribution in [0.3, 0.4) is 0 Å². The van der Waals surface area contributed by atoms with E-state index >= 15 is 0 Å². The lowest BCUT2D eigenvalue weighted by molar-refractivity contribution is -0.137. The minimum absolute atomic E-state index is 0.00628. The number of likely N-dealkylation sites (tertiary alicyclic amines) is 1. The second-order valence-corrected chi connectivity index (χ2v) is 7.83. The van der Waals surface area contributed by atoms with Gasteiger partial charge in [0.05, 0.1) is 17.6 Å². The number of imidazole rings is 1. The van der Waals surface area contributed by atoms with E-state index in [2.05, 4.69) is 9.97 Å². The summed E-state index contributed by atoms with van der Waals surface area (Å²) in [5.74, 6) is 2.59. The number of H-pyrrole nitrogens is 1. The van der Waals surface area contributed by atoms with Crippen LogP contribution in [0.25, 0.3) is 11.0 Å². The van der Waals surface area contributed by atoms with Crippen LogP contribution in [-0.4, -0.2) is 64.4 Å². The zero-order chi connectivity index (χ0) is 21.2. The van der Waals surface area contributed by atoms with Gasteiger partial charge in [0, 0.05) is 25.8 Å². The minimum atomic E-state index is -0.774. The van der Waals surface area contributed by atoms with Gasteiger partial charge in [-0.25, -0.2) is 4.98 Å². The molecule has 3 aromatic rings. The molecule has 0 unspecified atom stereocenters. The summed E-state index contributed by atoms with van der Waals surface area (Å²) in [6.45, 7) is 1.75. The molecule has 0 radical (unpaired) electrons. The number of β-amino-alcohol motifs (C(OH)–C–C–N with tert-alkyl or cyclic N) is 1. The van der Waals surface area contributed by atoms with E-state index in [1.54, 1.807) is 4.90 Å². The van der Waals surface area contributed by atoms with Gasteiger partial charge in [0.2, 0.25) is 11.7 Å². The van der Waals surface area contributed by atoms with Gasteiger partial charge in [-0.3, -0.25) is 4.79 Å². The summed E-state index contributed by atoms with van der Waals surface area (Å²) in [4.78, 5) is 22.2. The molecule has 8 nitrogen and oxygen atoms in total. The molecule has 3 heterocycles. The number of carbonyl (C=O) groups is 1. The van der Waals surface area contributed by atoms with Crippen molar-refractivity contribution in [2.45, 2.75) is 31.5 Å². The normalized spacial score (nSPS) is 20.6. The van der Waals surface area contributed by atoms with Gasteiger partial charge < -0.3 is 29.2 Å². The zero-order valence-corrected chi connectivity index (χ0v) is 17.1. The van der Waals surface area contributed by atoms with E-state index in [-0.39, 0.29) is 12.5 Å². The molecule has 31 heavy (non-hydrogen) atoms. The summed E-state index contributed by atoms with van der Waals surface area (Å²) in [5.41, 5.74) is 1.87. The second kappa shape index (κ2) is 8.47. The zero-order valence-electron chi connectivity index (χ0n) is 17.1. The van der Waals surface area contributed by atoms with E-state index in [0.29, 0.717) is 56.3 Å². The van der Waals surface area contributed by atoms with E-state index in [1.165, 1.54) is 0 Å². The molecular weight excluding hydrogens is 398 g/mol. The van der Waals surface area contributed by atoms with E-state index in [0.717, 1.165) is 16.9 Å². The lowest BCUT2D eigenvalue weighted by Crippen LogP contribution is -2.51. The highest BCUT2D eigenvalue weighted by molar-refractivity contribution is 5.77. The topological polar surface area (TPSA) is 96.9 Å². The molecule has 0 bridgehead atoms. The van der Waals surface area contributed by atoms with Crippen LogP contribution >= 0.6 is 0 Å².